The zero-order chi connectivity index (χ0) is 19.8. The number of hydrogen-bond donors (Lipinski definition) is 0. The maximum absolute atomic E-state index is 5.57. The summed E-state index contributed by atoms with van der Waals surface area (Å²) in [4.78, 5) is 0. The van der Waals surface area contributed by atoms with Gasteiger partial charge in [0.05, 0.1) is 14.2 Å². The molecule has 4 aromatic carbocycles. The number of benzene rings is 4. The highest BCUT2D eigenvalue weighted by Gasteiger charge is 2.33. The molecule has 0 aromatic heterocycles. The van der Waals surface area contributed by atoms with Gasteiger partial charge in [-0.3, -0.25) is 0 Å². The van der Waals surface area contributed by atoms with Crippen molar-refractivity contribution < 1.29 is 9.47 Å². The van der Waals surface area contributed by atoms with Crippen LogP contribution in [0.5, 0.6) is 11.5 Å². The van der Waals surface area contributed by atoms with E-state index in [2.05, 4.69) is 78.9 Å². The molecule has 4 aromatic rings. The average molecular weight is 394 g/mol. The summed E-state index contributed by atoms with van der Waals surface area (Å²) in [6.45, 7) is 0. The molecule has 1 heterocycles. The maximum atomic E-state index is 5.57. The lowest BCUT2D eigenvalue weighted by atomic mass is 10.1. The Morgan fingerprint density at radius 2 is 1.07 bits per heavy atom. The second-order valence-corrected chi connectivity index (χ2v) is 9.47. The first kappa shape index (κ1) is 17.8. The Morgan fingerprint density at radius 3 is 1.76 bits per heavy atom. The van der Waals surface area contributed by atoms with E-state index in [1.54, 1.807) is 14.2 Å². The molecular formula is C26H21O2Si. The molecule has 29 heavy (non-hydrogen) atoms. The summed E-state index contributed by atoms with van der Waals surface area (Å²) in [5, 5.41) is 4.25. The fourth-order valence-electron chi connectivity index (χ4n) is 4.19. The number of rotatable bonds is 4. The van der Waals surface area contributed by atoms with E-state index in [-0.39, 0.29) is 0 Å². The van der Waals surface area contributed by atoms with Crippen LogP contribution in [-0.4, -0.2) is 23.0 Å². The molecule has 0 amide bonds. The van der Waals surface area contributed by atoms with Crippen LogP contribution in [-0.2, 0) is 0 Å². The Hall–Kier alpha value is -3.30. The van der Waals surface area contributed by atoms with E-state index in [4.69, 9.17) is 9.47 Å². The molecule has 5 rings (SSSR count). The molecule has 0 saturated heterocycles. The first-order chi connectivity index (χ1) is 14.3. The minimum atomic E-state index is -1.14. The van der Waals surface area contributed by atoms with Crippen LogP contribution < -0.4 is 25.0 Å². The van der Waals surface area contributed by atoms with Gasteiger partial charge in [-0.1, -0.05) is 66.7 Å². The van der Waals surface area contributed by atoms with Crippen molar-refractivity contribution in [2.24, 2.45) is 0 Å². The second-order valence-electron chi connectivity index (χ2n) is 7.11. The summed E-state index contributed by atoms with van der Waals surface area (Å²) in [7, 11) is 2.30. The summed E-state index contributed by atoms with van der Waals surface area (Å²) in [5.41, 5.74) is 5.19. The third-order valence-electron chi connectivity index (χ3n) is 5.58. The van der Waals surface area contributed by atoms with Gasteiger partial charge in [0.25, 0.3) is 0 Å². The van der Waals surface area contributed by atoms with Crippen molar-refractivity contribution in [3.63, 3.8) is 0 Å². The molecule has 0 saturated carbocycles. The summed E-state index contributed by atoms with van der Waals surface area (Å²) in [6.07, 6.45) is 0. The standard InChI is InChI=1S/C26H21O2Si/c1-27-19-13-11-18(12-14-19)21-7-3-5-9-24(21)29-25-10-6-4-8-22(25)23-16-15-20(28-2)17-26(23)29/h3-17H,1-2H3. The SMILES string of the molecule is COc1ccc(-c2ccccc2[Si]2c3ccccc3-c3ccc(OC)cc32)cc1. The molecule has 1 aliphatic rings. The lowest BCUT2D eigenvalue weighted by Gasteiger charge is -2.17. The van der Waals surface area contributed by atoms with Gasteiger partial charge in [-0.2, -0.15) is 0 Å². The van der Waals surface area contributed by atoms with Crippen molar-refractivity contribution in [2.75, 3.05) is 14.2 Å². The first-order valence-electron chi connectivity index (χ1n) is 9.69. The van der Waals surface area contributed by atoms with Crippen LogP contribution in [0.1, 0.15) is 0 Å². The minimum absolute atomic E-state index is 0.876. The van der Waals surface area contributed by atoms with E-state index >= 15 is 0 Å². The number of ether oxygens (including phenoxy) is 2. The Bertz CT molecular complexity index is 1180. The molecule has 1 radical (unpaired) electrons. The normalized spacial score (nSPS) is 12.3. The zero-order valence-corrected chi connectivity index (χ0v) is 17.5. The van der Waals surface area contributed by atoms with Crippen LogP contribution in [0.25, 0.3) is 22.3 Å². The van der Waals surface area contributed by atoms with Crippen molar-refractivity contribution in [1.82, 2.24) is 0 Å². The van der Waals surface area contributed by atoms with E-state index in [1.807, 2.05) is 12.1 Å². The van der Waals surface area contributed by atoms with Gasteiger partial charge in [-0.05, 0) is 62.1 Å². The molecule has 1 aliphatic heterocycles. The molecule has 141 valence electrons. The Labute approximate surface area is 173 Å². The summed E-state index contributed by atoms with van der Waals surface area (Å²) in [6, 6.07) is 32.5. The fraction of sp³-hybridized carbons (Fsp3) is 0.0769. The van der Waals surface area contributed by atoms with E-state index in [0.29, 0.717) is 0 Å². The lowest BCUT2D eigenvalue weighted by molar-refractivity contribution is 0.415. The second kappa shape index (κ2) is 7.26. The summed E-state index contributed by atoms with van der Waals surface area (Å²) < 4.78 is 10.9. The van der Waals surface area contributed by atoms with Gasteiger partial charge in [0.1, 0.15) is 11.5 Å². The Kier molecular flexibility index (Phi) is 4.45. The van der Waals surface area contributed by atoms with Crippen molar-refractivity contribution in [1.29, 1.82) is 0 Å². The molecule has 0 aliphatic carbocycles. The van der Waals surface area contributed by atoms with E-state index in [0.717, 1.165) is 11.5 Å². The van der Waals surface area contributed by atoms with Crippen molar-refractivity contribution >= 4 is 24.4 Å². The van der Waals surface area contributed by atoms with Gasteiger partial charge in [0.2, 0.25) is 0 Å². The highest BCUT2D eigenvalue weighted by molar-refractivity contribution is 6.99. The largest absolute Gasteiger partial charge is 0.497 e. The molecule has 0 spiro atoms. The number of fused-ring (bicyclic) bond motifs is 3. The van der Waals surface area contributed by atoms with E-state index < -0.39 is 8.80 Å². The molecule has 0 N–H and O–H groups in total. The fourth-order valence-corrected chi connectivity index (χ4v) is 7.34. The summed E-state index contributed by atoms with van der Waals surface area (Å²) in [5.74, 6) is 1.79. The lowest BCUT2D eigenvalue weighted by Crippen LogP contribution is -2.49. The van der Waals surface area contributed by atoms with Crippen LogP contribution in [0.3, 0.4) is 0 Å². The van der Waals surface area contributed by atoms with Gasteiger partial charge >= 0.3 is 0 Å². The average Bonchev–Trinajstić information content (AvgIpc) is 3.12. The van der Waals surface area contributed by atoms with Crippen molar-refractivity contribution in [3.8, 4) is 33.8 Å². The maximum Gasteiger partial charge on any atom is 0.157 e. The monoisotopic (exact) mass is 393 g/mol. The molecule has 0 atom stereocenters. The third kappa shape index (κ3) is 2.95. The van der Waals surface area contributed by atoms with Crippen LogP contribution in [0.15, 0.2) is 91.0 Å². The molecule has 0 unspecified atom stereocenters. The number of methoxy groups -OCH3 is 2. The number of hydrogen-bond acceptors (Lipinski definition) is 2. The van der Waals surface area contributed by atoms with Crippen LogP contribution in [0.4, 0.5) is 0 Å². The Morgan fingerprint density at radius 1 is 0.517 bits per heavy atom. The predicted molar refractivity (Wildman–Crippen MR) is 122 cm³/mol. The predicted octanol–water partition coefficient (Wildman–Crippen LogP) is 3.87. The van der Waals surface area contributed by atoms with Crippen LogP contribution >= 0.6 is 0 Å². The quantitative estimate of drug-likeness (QED) is 0.432. The molecular weight excluding hydrogens is 372 g/mol. The zero-order valence-electron chi connectivity index (χ0n) is 16.5. The van der Waals surface area contributed by atoms with Gasteiger partial charge in [-0.15, -0.1) is 0 Å². The van der Waals surface area contributed by atoms with E-state index in [9.17, 15) is 0 Å². The molecule has 2 nitrogen and oxygen atoms in total. The molecule has 0 fully saturated rings. The smallest absolute Gasteiger partial charge is 0.157 e. The topological polar surface area (TPSA) is 18.5 Å². The highest BCUT2D eigenvalue weighted by Crippen LogP contribution is 2.28. The van der Waals surface area contributed by atoms with Gasteiger partial charge in [0, 0.05) is 0 Å². The van der Waals surface area contributed by atoms with Crippen LogP contribution in [0, 0.1) is 0 Å². The van der Waals surface area contributed by atoms with Gasteiger partial charge in [-0.25, -0.2) is 0 Å². The Balaban J connectivity index is 1.72. The first-order valence-corrected chi connectivity index (χ1v) is 11.2. The minimum Gasteiger partial charge on any atom is -0.497 e. The highest BCUT2D eigenvalue weighted by atomic mass is 28.3. The summed E-state index contributed by atoms with van der Waals surface area (Å²) >= 11 is 0. The third-order valence-corrected chi connectivity index (χ3v) is 8.48. The van der Waals surface area contributed by atoms with E-state index in [1.165, 1.54) is 37.8 Å². The van der Waals surface area contributed by atoms with Crippen molar-refractivity contribution in [3.05, 3.63) is 91.0 Å². The van der Waals surface area contributed by atoms with Crippen molar-refractivity contribution in [2.45, 2.75) is 0 Å². The molecule has 0 bridgehead atoms. The van der Waals surface area contributed by atoms with Gasteiger partial charge < -0.3 is 9.47 Å². The molecule has 3 heteroatoms. The van der Waals surface area contributed by atoms with Crippen LogP contribution in [0.2, 0.25) is 0 Å². The van der Waals surface area contributed by atoms with Gasteiger partial charge in [0.15, 0.2) is 8.80 Å².